The second kappa shape index (κ2) is 6.78. The summed E-state index contributed by atoms with van der Waals surface area (Å²) in [5.41, 5.74) is 0.352. The van der Waals surface area contributed by atoms with E-state index in [1.54, 1.807) is 13.0 Å². The van der Waals surface area contributed by atoms with E-state index in [0.29, 0.717) is 10.6 Å². The van der Waals surface area contributed by atoms with Crippen molar-refractivity contribution in [3.63, 3.8) is 0 Å². The average molecular weight is 328 g/mol. The summed E-state index contributed by atoms with van der Waals surface area (Å²) >= 11 is 6.97. The van der Waals surface area contributed by atoms with Crippen LogP contribution in [0, 0.1) is 0 Å². The minimum Gasteiger partial charge on any atom is -0.462 e. The quantitative estimate of drug-likeness (QED) is 0.843. The standard InChI is InChI=1S/C14H14ClNO4S/c1-3-8-7-9(14(18)19-4-2)13(21-8)16-12(17)10-5-6-11(15)20-10/h5-7H,3-4H2,1-2H3,(H,16,17). The molecule has 7 heteroatoms. The number of thiophene rings is 1. The van der Waals surface area contributed by atoms with E-state index >= 15 is 0 Å². The van der Waals surface area contributed by atoms with Gasteiger partial charge in [0.05, 0.1) is 12.2 Å². The molecule has 2 aromatic rings. The summed E-state index contributed by atoms with van der Waals surface area (Å²) < 4.78 is 10.0. The lowest BCUT2D eigenvalue weighted by molar-refractivity contribution is 0.0528. The second-order valence-electron chi connectivity index (χ2n) is 4.09. The first kappa shape index (κ1) is 15.6. The maximum Gasteiger partial charge on any atom is 0.341 e. The molecule has 0 bridgehead atoms. The number of amides is 1. The number of esters is 1. The van der Waals surface area contributed by atoms with E-state index in [4.69, 9.17) is 20.8 Å². The van der Waals surface area contributed by atoms with Gasteiger partial charge in [0, 0.05) is 4.88 Å². The van der Waals surface area contributed by atoms with Crippen molar-refractivity contribution < 1.29 is 18.7 Å². The Balaban J connectivity index is 2.24. The fourth-order valence-corrected chi connectivity index (χ4v) is 2.80. The third-order valence-corrected chi connectivity index (χ3v) is 4.05. The zero-order valence-corrected chi connectivity index (χ0v) is 13.1. The topological polar surface area (TPSA) is 68.5 Å². The Morgan fingerprint density at radius 2 is 2.14 bits per heavy atom. The first-order valence-electron chi connectivity index (χ1n) is 6.41. The van der Waals surface area contributed by atoms with Gasteiger partial charge >= 0.3 is 5.97 Å². The Labute approximate surface area is 130 Å². The molecule has 5 nitrogen and oxygen atoms in total. The number of rotatable bonds is 5. The monoisotopic (exact) mass is 327 g/mol. The van der Waals surface area contributed by atoms with E-state index in [0.717, 1.165) is 11.3 Å². The van der Waals surface area contributed by atoms with Crippen LogP contribution >= 0.6 is 22.9 Å². The van der Waals surface area contributed by atoms with Crippen molar-refractivity contribution in [1.82, 2.24) is 0 Å². The number of carbonyl (C=O) groups is 2. The normalized spacial score (nSPS) is 10.4. The van der Waals surface area contributed by atoms with Crippen LogP contribution in [0.3, 0.4) is 0 Å². The highest BCUT2D eigenvalue weighted by Crippen LogP contribution is 2.30. The lowest BCUT2D eigenvalue weighted by Gasteiger charge is -2.04. The molecule has 0 saturated heterocycles. The predicted molar refractivity (Wildman–Crippen MR) is 81.3 cm³/mol. The molecule has 0 aliphatic heterocycles. The number of nitrogens with one attached hydrogen (secondary N) is 1. The number of aryl methyl sites for hydroxylation is 1. The molecule has 0 saturated carbocycles. The van der Waals surface area contributed by atoms with Crippen LogP contribution in [-0.2, 0) is 11.2 Å². The van der Waals surface area contributed by atoms with Crippen LogP contribution < -0.4 is 5.32 Å². The van der Waals surface area contributed by atoms with Gasteiger partial charge in [-0.1, -0.05) is 6.92 Å². The van der Waals surface area contributed by atoms with E-state index in [2.05, 4.69) is 5.32 Å². The fraction of sp³-hybridized carbons (Fsp3) is 0.286. The summed E-state index contributed by atoms with van der Waals surface area (Å²) in [6.45, 7) is 3.98. The van der Waals surface area contributed by atoms with Crippen molar-refractivity contribution in [2.75, 3.05) is 11.9 Å². The van der Waals surface area contributed by atoms with E-state index < -0.39 is 11.9 Å². The molecular weight excluding hydrogens is 314 g/mol. The number of halogens is 1. The van der Waals surface area contributed by atoms with Crippen molar-refractivity contribution in [2.24, 2.45) is 0 Å². The molecule has 2 rings (SSSR count). The van der Waals surface area contributed by atoms with E-state index in [-0.39, 0.29) is 17.6 Å². The molecule has 0 radical (unpaired) electrons. The van der Waals surface area contributed by atoms with Crippen molar-refractivity contribution in [2.45, 2.75) is 20.3 Å². The molecule has 1 amide bonds. The van der Waals surface area contributed by atoms with Gasteiger partial charge in [0.15, 0.2) is 11.0 Å². The zero-order valence-electron chi connectivity index (χ0n) is 11.6. The summed E-state index contributed by atoms with van der Waals surface area (Å²) in [7, 11) is 0. The summed E-state index contributed by atoms with van der Waals surface area (Å²) in [6, 6.07) is 4.68. The second-order valence-corrected chi connectivity index (χ2v) is 5.60. The van der Waals surface area contributed by atoms with E-state index in [9.17, 15) is 9.59 Å². The van der Waals surface area contributed by atoms with Crippen molar-refractivity contribution in [3.8, 4) is 0 Å². The third kappa shape index (κ3) is 3.65. The highest BCUT2D eigenvalue weighted by Gasteiger charge is 2.20. The third-order valence-electron chi connectivity index (χ3n) is 2.65. The molecule has 0 fully saturated rings. The maximum absolute atomic E-state index is 12.0. The molecular formula is C14H14ClNO4S. The van der Waals surface area contributed by atoms with Gasteiger partial charge in [0.25, 0.3) is 5.91 Å². The number of carbonyl (C=O) groups excluding carboxylic acids is 2. The molecule has 0 spiro atoms. The molecule has 112 valence electrons. The first-order valence-corrected chi connectivity index (χ1v) is 7.61. The Hall–Kier alpha value is -1.79. The summed E-state index contributed by atoms with van der Waals surface area (Å²) in [5, 5.41) is 3.24. The smallest absolute Gasteiger partial charge is 0.341 e. The molecule has 21 heavy (non-hydrogen) atoms. The van der Waals surface area contributed by atoms with Crippen LogP contribution in [0.4, 0.5) is 5.00 Å². The number of ether oxygens (including phenoxy) is 1. The molecule has 0 aromatic carbocycles. The van der Waals surface area contributed by atoms with Gasteiger partial charge in [-0.25, -0.2) is 4.79 Å². The van der Waals surface area contributed by atoms with Crippen LogP contribution in [0.15, 0.2) is 22.6 Å². The molecule has 1 N–H and O–H groups in total. The summed E-state index contributed by atoms with van der Waals surface area (Å²) in [6.07, 6.45) is 0.763. The van der Waals surface area contributed by atoms with Crippen molar-refractivity contribution in [1.29, 1.82) is 0 Å². The Morgan fingerprint density at radius 3 is 2.71 bits per heavy atom. The minimum absolute atomic E-state index is 0.0845. The molecule has 0 aliphatic rings. The number of furan rings is 1. The van der Waals surface area contributed by atoms with Crippen LogP contribution in [0.2, 0.25) is 5.22 Å². The van der Waals surface area contributed by atoms with Gasteiger partial charge in [-0.05, 0) is 43.1 Å². The highest BCUT2D eigenvalue weighted by molar-refractivity contribution is 7.16. The molecule has 0 aliphatic carbocycles. The van der Waals surface area contributed by atoms with Gasteiger partial charge in [-0.15, -0.1) is 11.3 Å². The Kier molecular flexibility index (Phi) is 5.03. The van der Waals surface area contributed by atoms with Crippen LogP contribution in [0.1, 0.15) is 39.6 Å². The SMILES string of the molecule is CCOC(=O)c1cc(CC)sc1NC(=O)c1ccc(Cl)o1. The summed E-state index contributed by atoms with van der Waals surface area (Å²) in [4.78, 5) is 24.9. The highest BCUT2D eigenvalue weighted by atomic mass is 35.5. The lowest BCUT2D eigenvalue weighted by Crippen LogP contribution is -2.13. The Morgan fingerprint density at radius 1 is 1.38 bits per heavy atom. The largest absolute Gasteiger partial charge is 0.462 e. The number of hydrogen-bond acceptors (Lipinski definition) is 5. The first-order chi connectivity index (χ1) is 10.0. The average Bonchev–Trinajstić information content (AvgIpc) is 3.05. The Bertz CT molecular complexity index is 662. The number of hydrogen-bond donors (Lipinski definition) is 1. The van der Waals surface area contributed by atoms with Crippen LogP contribution in [-0.4, -0.2) is 18.5 Å². The van der Waals surface area contributed by atoms with Crippen molar-refractivity contribution >= 4 is 39.8 Å². The molecule has 2 aromatic heterocycles. The predicted octanol–water partition coefficient (Wildman–Crippen LogP) is 3.99. The van der Waals surface area contributed by atoms with Gasteiger partial charge in [-0.2, -0.15) is 0 Å². The minimum atomic E-state index is -0.461. The van der Waals surface area contributed by atoms with E-state index in [1.807, 2.05) is 6.92 Å². The van der Waals surface area contributed by atoms with E-state index in [1.165, 1.54) is 23.5 Å². The van der Waals surface area contributed by atoms with Crippen molar-refractivity contribution in [3.05, 3.63) is 39.6 Å². The van der Waals surface area contributed by atoms with Crippen LogP contribution in [0.25, 0.3) is 0 Å². The fourth-order valence-electron chi connectivity index (χ4n) is 1.67. The van der Waals surface area contributed by atoms with Crippen LogP contribution in [0.5, 0.6) is 0 Å². The molecule has 2 heterocycles. The summed E-state index contributed by atoms with van der Waals surface area (Å²) in [5.74, 6) is -0.834. The van der Waals surface area contributed by atoms with Gasteiger partial charge in [0.1, 0.15) is 5.00 Å². The van der Waals surface area contributed by atoms with Gasteiger partial charge < -0.3 is 14.5 Å². The van der Waals surface area contributed by atoms with Gasteiger partial charge in [-0.3, -0.25) is 4.79 Å². The zero-order chi connectivity index (χ0) is 15.4. The molecule has 0 atom stereocenters. The maximum atomic E-state index is 12.0. The number of anilines is 1. The van der Waals surface area contributed by atoms with Gasteiger partial charge in [0.2, 0.25) is 0 Å². The lowest BCUT2D eigenvalue weighted by atomic mass is 10.2. The molecule has 0 unspecified atom stereocenters.